The van der Waals surface area contributed by atoms with Crippen molar-refractivity contribution in [2.75, 3.05) is 32.7 Å². The summed E-state index contributed by atoms with van der Waals surface area (Å²) in [5.41, 5.74) is 7.23. The minimum Gasteiger partial charge on any atom is -0.342 e. The van der Waals surface area contributed by atoms with Crippen LogP contribution in [0.5, 0.6) is 0 Å². The Labute approximate surface area is 155 Å². The quantitative estimate of drug-likeness (QED) is 0.889. The van der Waals surface area contributed by atoms with Gasteiger partial charge in [0.1, 0.15) is 0 Å². The van der Waals surface area contributed by atoms with Crippen LogP contribution < -0.4 is 5.73 Å². The number of nitrogens with zero attached hydrogens (tertiary/aromatic N) is 2. The number of likely N-dealkylation sites (tertiary alicyclic amines) is 2. The van der Waals surface area contributed by atoms with Gasteiger partial charge < -0.3 is 15.5 Å². The Kier molecular flexibility index (Phi) is 6.85. The Morgan fingerprint density at radius 1 is 1.12 bits per heavy atom. The molecule has 2 aliphatic rings. The monoisotopic (exact) mass is 365 g/mol. The largest absolute Gasteiger partial charge is 0.342 e. The normalized spacial score (nSPS) is 26.2. The Morgan fingerprint density at radius 2 is 1.84 bits per heavy atom. The third-order valence-corrected chi connectivity index (χ3v) is 5.50. The summed E-state index contributed by atoms with van der Waals surface area (Å²) in [6, 6.07) is 10.3. The highest BCUT2D eigenvalue weighted by atomic mass is 35.5. The molecule has 2 aliphatic heterocycles. The molecular formula is C19H28ClN3O2. The zero-order chi connectivity index (χ0) is 17.1. The van der Waals surface area contributed by atoms with E-state index in [9.17, 15) is 9.59 Å². The van der Waals surface area contributed by atoms with Gasteiger partial charge in [-0.3, -0.25) is 9.59 Å². The lowest BCUT2D eigenvalue weighted by Crippen LogP contribution is -2.45. The number of carbonyl (C=O) groups is 2. The number of carbonyl (C=O) groups excluding carboxylic acids is 2. The zero-order valence-corrected chi connectivity index (χ0v) is 15.6. The van der Waals surface area contributed by atoms with Crippen molar-refractivity contribution in [2.45, 2.75) is 25.7 Å². The lowest BCUT2D eigenvalue weighted by atomic mass is 9.89. The van der Waals surface area contributed by atoms with Gasteiger partial charge in [-0.05, 0) is 30.9 Å². The van der Waals surface area contributed by atoms with Crippen LogP contribution in [0.3, 0.4) is 0 Å². The molecule has 2 heterocycles. The Morgan fingerprint density at radius 3 is 2.48 bits per heavy atom. The molecule has 3 rings (SSSR count). The summed E-state index contributed by atoms with van der Waals surface area (Å²) in [4.78, 5) is 28.3. The van der Waals surface area contributed by atoms with Gasteiger partial charge in [-0.15, -0.1) is 12.4 Å². The minimum absolute atomic E-state index is 0. The fourth-order valence-electron chi connectivity index (χ4n) is 4.09. The molecule has 0 aliphatic carbocycles. The first-order chi connectivity index (χ1) is 11.6. The van der Waals surface area contributed by atoms with Crippen molar-refractivity contribution < 1.29 is 9.59 Å². The molecule has 2 saturated heterocycles. The fraction of sp³-hybridized carbons (Fsp3) is 0.579. The van der Waals surface area contributed by atoms with E-state index in [0.717, 1.165) is 32.5 Å². The summed E-state index contributed by atoms with van der Waals surface area (Å²) < 4.78 is 0. The molecule has 5 nitrogen and oxygen atoms in total. The lowest BCUT2D eigenvalue weighted by molar-refractivity contribution is -0.139. The van der Waals surface area contributed by atoms with Gasteiger partial charge >= 0.3 is 0 Å². The standard InChI is InChI=1S/C19H27N3O2.ClH/c1-14(23)21-9-5-8-16(11-21)19(24)22-12-17(10-20)18(13-22)15-6-3-2-4-7-15;/h2-4,6-7,16-18H,5,8-13,20H2,1H3;1H/t16?,17-,18+;/m1./s1. The van der Waals surface area contributed by atoms with E-state index in [-0.39, 0.29) is 30.1 Å². The van der Waals surface area contributed by atoms with E-state index in [1.54, 1.807) is 11.8 Å². The highest BCUT2D eigenvalue weighted by Crippen LogP contribution is 2.33. The maximum Gasteiger partial charge on any atom is 0.227 e. The molecule has 1 aromatic rings. The van der Waals surface area contributed by atoms with Gasteiger partial charge in [0.2, 0.25) is 11.8 Å². The van der Waals surface area contributed by atoms with E-state index in [1.165, 1.54) is 5.56 Å². The zero-order valence-electron chi connectivity index (χ0n) is 14.8. The van der Waals surface area contributed by atoms with Gasteiger partial charge in [-0.25, -0.2) is 0 Å². The predicted molar refractivity (Wildman–Crippen MR) is 101 cm³/mol. The van der Waals surface area contributed by atoms with Crippen molar-refractivity contribution in [3.8, 4) is 0 Å². The van der Waals surface area contributed by atoms with Crippen LogP contribution in [0.2, 0.25) is 0 Å². The van der Waals surface area contributed by atoms with E-state index in [4.69, 9.17) is 5.73 Å². The Bertz CT molecular complexity index is 596. The molecule has 2 fully saturated rings. The fourth-order valence-corrected chi connectivity index (χ4v) is 4.09. The third-order valence-electron chi connectivity index (χ3n) is 5.50. The number of nitrogens with two attached hydrogens (primary N) is 1. The third kappa shape index (κ3) is 4.33. The average Bonchev–Trinajstić information content (AvgIpc) is 3.06. The van der Waals surface area contributed by atoms with Gasteiger partial charge in [-0.1, -0.05) is 30.3 Å². The van der Waals surface area contributed by atoms with E-state index < -0.39 is 0 Å². The number of benzene rings is 1. The smallest absolute Gasteiger partial charge is 0.227 e. The number of rotatable bonds is 3. The summed E-state index contributed by atoms with van der Waals surface area (Å²) in [6.45, 7) is 4.98. The van der Waals surface area contributed by atoms with Gasteiger partial charge in [0.05, 0.1) is 5.92 Å². The lowest BCUT2D eigenvalue weighted by Gasteiger charge is -2.33. The van der Waals surface area contributed by atoms with Gasteiger partial charge in [0.25, 0.3) is 0 Å². The van der Waals surface area contributed by atoms with Crippen LogP contribution in [-0.2, 0) is 9.59 Å². The van der Waals surface area contributed by atoms with Crippen LogP contribution in [-0.4, -0.2) is 54.3 Å². The van der Waals surface area contributed by atoms with Gasteiger partial charge in [0.15, 0.2) is 0 Å². The summed E-state index contributed by atoms with van der Waals surface area (Å²) in [5.74, 6) is 0.820. The summed E-state index contributed by atoms with van der Waals surface area (Å²) in [7, 11) is 0. The van der Waals surface area contributed by atoms with Crippen LogP contribution in [0.4, 0.5) is 0 Å². The summed E-state index contributed by atoms with van der Waals surface area (Å²) >= 11 is 0. The number of halogens is 1. The molecule has 25 heavy (non-hydrogen) atoms. The van der Waals surface area contributed by atoms with Gasteiger partial charge in [0, 0.05) is 39.0 Å². The van der Waals surface area contributed by atoms with Crippen molar-refractivity contribution in [3.05, 3.63) is 35.9 Å². The molecule has 2 N–H and O–H groups in total. The SMILES string of the molecule is CC(=O)N1CCCC(C(=O)N2C[C@@H](CN)[C@H](c3ccccc3)C2)C1.Cl. The molecule has 6 heteroatoms. The second-order valence-electron chi connectivity index (χ2n) is 7.06. The topological polar surface area (TPSA) is 66.6 Å². The van der Waals surface area contributed by atoms with E-state index >= 15 is 0 Å². The summed E-state index contributed by atoms with van der Waals surface area (Å²) in [6.07, 6.45) is 1.79. The minimum atomic E-state index is -0.0596. The molecule has 3 atom stereocenters. The van der Waals surface area contributed by atoms with Crippen LogP contribution in [0.1, 0.15) is 31.2 Å². The van der Waals surface area contributed by atoms with Crippen molar-refractivity contribution in [1.29, 1.82) is 0 Å². The van der Waals surface area contributed by atoms with E-state index in [2.05, 4.69) is 12.1 Å². The van der Waals surface area contributed by atoms with Crippen molar-refractivity contribution in [2.24, 2.45) is 17.6 Å². The Balaban J connectivity index is 0.00000225. The molecule has 2 amide bonds. The summed E-state index contributed by atoms with van der Waals surface area (Å²) in [5, 5.41) is 0. The predicted octanol–water partition coefficient (Wildman–Crippen LogP) is 1.87. The first kappa shape index (κ1) is 19.7. The molecule has 0 spiro atoms. The number of hydrogen-bond donors (Lipinski definition) is 1. The molecule has 1 unspecified atom stereocenters. The second-order valence-corrected chi connectivity index (χ2v) is 7.06. The van der Waals surface area contributed by atoms with Crippen LogP contribution in [0.15, 0.2) is 30.3 Å². The number of piperidine rings is 1. The molecule has 1 aromatic carbocycles. The molecular weight excluding hydrogens is 338 g/mol. The molecule has 0 radical (unpaired) electrons. The molecule has 0 bridgehead atoms. The first-order valence-electron chi connectivity index (χ1n) is 8.89. The maximum absolute atomic E-state index is 13.0. The second kappa shape index (κ2) is 8.68. The number of amides is 2. The van der Waals surface area contributed by atoms with Gasteiger partial charge in [-0.2, -0.15) is 0 Å². The van der Waals surface area contributed by atoms with Crippen molar-refractivity contribution >= 4 is 24.2 Å². The average molecular weight is 366 g/mol. The maximum atomic E-state index is 13.0. The van der Waals surface area contributed by atoms with E-state index in [1.807, 2.05) is 23.1 Å². The Hall–Kier alpha value is -1.59. The number of hydrogen-bond acceptors (Lipinski definition) is 3. The first-order valence-corrected chi connectivity index (χ1v) is 8.89. The van der Waals surface area contributed by atoms with Crippen molar-refractivity contribution in [1.82, 2.24) is 9.80 Å². The molecule has 138 valence electrons. The molecule has 0 aromatic heterocycles. The molecule has 0 saturated carbocycles. The van der Waals surface area contributed by atoms with Crippen LogP contribution in [0.25, 0.3) is 0 Å². The highest BCUT2D eigenvalue weighted by Gasteiger charge is 2.38. The van der Waals surface area contributed by atoms with Crippen LogP contribution in [0, 0.1) is 11.8 Å². The van der Waals surface area contributed by atoms with E-state index in [0.29, 0.717) is 24.9 Å². The highest BCUT2D eigenvalue weighted by molar-refractivity contribution is 5.85. The van der Waals surface area contributed by atoms with Crippen molar-refractivity contribution in [3.63, 3.8) is 0 Å². The van der Waals surface area contributed by atoms with Crippen LogP contribution >= 0.6 is 12.4 Å².